The maximum Gasteiger partial charge on any atom is 0.299 e. The Morgan fingerprint density at radius 1 is 1.04 bits per heavy atom. The molecule has 1 amide bonds. The maximum atomic E-state index is 12.2. The molecule has 2 aromatic carbocycles. The molecule has 0 aromatic heterocycles. The molecule has 0 fully saturated rings. The van der Waals surface area contributed by atoms with Crippen molar-refractivity contribution in [3.63, 3.8) is 0 Å². The molecule has 1 aliphatic rings. The molecule has 0 aliphatic carbocycles. The molecule has 0 saturated carbocycles. The van der Waals surface area contributed by atoms with Gasteiger partial charge in [0, 0.05) is 17.6 Å². The van der Waals surface area contributed by atoms with E-state index in [1.54, 1.807) is 29.2 Å². The van der Waals surface area contributed by atoms with Crippen LogP contribution in [0.1, 0.15) is 28.8 Å². The third-order valence-electron chi connectivity index (χ3n) is 4.05. The van der Waals surface area contributed by atoms with E-state index in [2.05, 4.69) is 0 Å². The normalized spacial score (nSPS) is 13.3. The van der Waals surface area contributed by atoms with Crippen LogP contribution in [0.4, 0.5) is 5.69 Å². The quantitative estimate of drug-likeness (QED) is 0.541. The number of amides is 1. The summed E-state index contributed by atoms with van der Waals surface area (Å²) in [6, 6.07) is 10.6. The number of benzene rings is 2. The number of carbonyl (C=O) groups excluding carboxylic acids is 2. The van der Waals surface area contributed by atoms with Crippen LogP contribution >= 0.6 is 23.2 Å². The summed E-state index contributed by atoms with van der Waals surface area (Å²) in [5.74, 6) is -0.345. The highest BCUT2D eigenvalue weighted by atomic mass is 35.5. The Labute approximate surface area is 156 Å². The van der Waals surface area contributed by atoms with E-state index < -0.39 is 11.7 Å². The number of hydrogen-bond acceptors (Lipinski definition) is 3. The molecule has 4 nitrogen and oxygen atoms in total. The summed E-state index contributed by atoms with van der Waals surface area (Å²) in [4.78, 5) is 25.8. The highest BCUT2D eigenvalue weighted by Gasteiger charge is 2.35. The number of carbonyl (C=O) groups is 2. The summed E-state index contributed by atoms with van der Waals surface area (Å²) in [5, 5.41) is 1.07. The number of halogens is 2. The molecule has 0 unspecified atom stereocenters. The summed E-state index contributed by atoms with van der Waals surface area (Å²) in [7, 11) is 0. The third-order valence-corrected chi connectivity index (χ3v) is 4.60. The van der Waals surface area contributed by atoms with Gasteiger partial charge in [0.15, 0.2) is 0 Å². The number of anilines is 1. The standard InChI is InChI=1S/C19H17Cl2NO3/c1-12-4-7-16-14(10-12)18(23)19(24)22(16)8-2-3-9-25-17-11-13(20)5-6-15(17)21/h4-7,10-11H,2-3,8-9H2,1H3. The number of Topliss-reactive ketones (excluding diaryl/α,β-unsaturated/α-hetero) is 1. The fourth-order valence-electron chi connectivity index (χ4n) is 2.78. The number of aryl methyl sites for hydroxylation is 1. The van der Waals surface area contributed by atoms with Gasteiger partial charge >= 0.3 is 0 Å². The zero-order valence-corrected chi connectivity index (χ0v) is 15.2. The van der Waals surface area contributed by atoms with Gasteiger partial charge in [0.25, 0.3) is 11.7 Å². The molecule has 0 atom stereocenters. The average Bonchev–Trinajstić information content (AvgIpc) is 2.82. The van der Waals surface area contributed by atoms with Crippen LogP contribution in [0.25, 0.3) is 0 Å². The minimum Gasteiger partial charge on any atom is -0.492 e. The molecule has 2 aromatic rings. The van der Waals surface area contributed by atoms with Crippen LogP contribution in [0.15, 0.2) is 36.4 Å². The number of fused-ring (bicyclic) bond motifs is 1. The zero-order chi connectivity index (χ0) is 18.0. The van der Waals surface area contributed by atoms with Crippen molar-refractivity contribution in [3.8, 4) is 5.75 Å². The van der Waals surface area contributed by atoms with Gasteiger partial charge in [-0.1, -0.05) is 34.8 Å². The first-order valence-electron chi connectivity index (χ1n) is 8.02. The number of unbranched alkanes of at least 4 members (excludes halogenated alkanes) is 1. The van der Waals surface area contributed by atoms with Gasteiger partial charge in [-0.25, -0.2) is 0 Å². The summed E-state index contributed by atoms with van der Waals surface area (Å²) < 4.78 is 5.63. The van der Waals surface area contributed by atoms with Gasteiger partial charge in [0.2, 0.25) is 0 Å². The Morgan fingerprint density at radius 3 is 2.64 bits per heavy atom. The summed E-state index contributed by atoms with van der Waals surface area (Å²) >= 11 is 12.0. The second-order valence-electron chi connectivity index (χ2n) is 5.94. The van der Waals surface area contributed by atoms with E-state index in [9.17, 15) is 9.59 Å². The van der Waals surface area contributed by atoms with Gasteiger partial charge in [0.1, 0.15) is 5.75 Å². The van der Waals surface area contributed by atoms with Gasteiger partial charge in [0.05, 0.1) is 22.9 Å². The first kappa shape index (κ1) is 17.8. The lowest BCUT2D eigenvalue weighted by atomic mass is 10.1. The van der Waals surface area contributed by atoms with Gasteiger partial charge in [-0.2, -0.15) is 0 Å². The molecule has 0 bridgehead atoms. The minimum atomic E-state index is -0.459. The van der Waals surface area contributed by atoms with Crippen LogP contribution in [-0.4, -0.2) is 24.8 Å². The molecular formula is C19H17Cl2NO3. The van der Waals surface area contributed by atoms with E-state index >= 15 is 0 Å². The fourth-order valence-corrected chi connectivity index (χ4v) is 3.11. The number of rotatable bonds is 6. The lowest BCUT2D eigenvalue weighted by molar-refractivity contribution is -0.114. The lowest BCUT2D eigenvalue weighted by Crippen LogP contribution is -2.30. The molecule has 0 radical (unpaired) electrons. The predicted octanol–water partition coefficient (Wildman–Crippen LogP) is 4.69. The van der Waals surface area contributed by atoms with Gasteiger partial charge in [-0.3, -0.25) is 9.59 Å². The predicted molar refractivity (Wildman–Crippen MR) is 99.1 cm³/mol. The molecule has 1 aliphatic heterocycles. The smallest absolute Gasteiger partial charge is 0.299 e. The first-order valence-corrected chi connectivity index (χ1v) is 8.77. The number of ketones is 1. The Morgan fingerprint density at radius 2 is 1.84 bits per heavy atom. The van der Waals surface area contributed by atoms with E-state index in [4.69, 9.17) is 27.9 Å². The van der Waals surface area contributed by atoms with Crippen LogP contribution in [0, 0.1) is 6.92 Å². The molecule has 0 spiro atoms. The third kappa shape index (κ3) is 3.80. The molecule has 0 saturated heterocycles. The Bertz CT molecular complexity index is 835. The number of ether oxygens (including phenoxy) is 1. The summed E-state index contributed by atoms with van der Waals surface area (Å²) in [5.41, 5.74) is 2.15. The topological polar surface area (TPSA) is 46.6 Å². The molecule has 0 N–H and O–H groups in total. The van der Waals surface area contributed by atoms with Crippen molar-refractivity contribution in [2.24, 2.45) is 0 Å². The Balaban J connectivity index is 1.54. The van der Waals surface area contributed by atoms with E-state index in [0.29, 0.717) is 46.6 Å². The van der Waals surface area contributed by atoms with Crippen LogP contribution in [-0.2, 0) is 4.79 Å². The van der Waals surface area contributed by atoms with Gasteiger partial charge < -0.3 is 9.64 Å². The van der Waals surface area contributed by atoms with Gasteiger partial charge in [-0.05, 0) is 44.0 Å². The van der Waals surface area contributed by atoms with E-state index in [-0.39, 0.29) is 0 Å². The Kier molecular flexibility index (Phi) is 5.30. The average molecular weight is 378 g/mol. The van der Waals surface area contributed by atoms with Crippen molar-refractivity contribution in [1.29, 1.82) is 0 Å². The largest absolute Gasteiger partial charge is 0.492 e. The lowest BCUT2D eigenvalue weighted by Gasteiger charge is -2.16. The number of hydrogen-bond donors (Lipinski definition) is 0. The second kappa shape index (κ2) is 7.46. The molecule has 25 heavy (non-hydrogen) atoms. The monoisotopic (exact) mass is 377 g/mol. The zero-order valence-electron chi connectivity index (χ0n) is 13.7. The van der Waals surface area contributed by atoms with Crippen LogP contribution in [0.5, 0.6) is 5.75 Å². The van der Waals surface area contributed by atoms with E-state index in [0.717, 1.165) is 12.0 Å². The summed E-state index contributed by atoms with van der Waals surface area (Å²) in [6.45, 7) is 2.84. The van der Waals surface area contributed by atoms with Crippen molar-refractivity contribution < 1.29 is 14.3 Å². The van der Waals surface area contributed by atoms with Crippen molar-refractivity contribution >= 4 is 40.6 Å². The fraction of sp³-hybridized carbons (Fsp3) is 0.263. The SMILES string of the molecule is Cc1ccc2c(c1)C(=O)C(=O)N2CCCCOc1cc(Cl)ccc1Cl. The number of nitrogens with zero attached hydrogens (tertiary/aromatic N) is 1. The molecule has 130 valence electrons. The van der Waals surface area contributed by atoms with Crippen molar-refractivity contribution in [2.45, 2.75) is 19.8 Å². The van der Waals surface area contributed by atoms with E-state index in [1.165, 1.54) is 0 Å². The van der Waals surface area contributed by atoms with Crippen LogP contribution in [0.2, 0.25) is 10.0 Å². The molecule has 6 heteroatoms. The van der Waals surface area contributed by atoms with Crippen molar-refractivity contribution in [2.75, 3.05) is 18.1 Å². The summed E-state index contributed by atoms with van der Waals surface area (Å²) in [6.07, 6.45) is 1.44. The van der Waals surface area contributed by atoms with Crippen molar-refractivity contribution in [1.82, 2.24) is 0 Å². The van der Waals surface area contributed by atoms with Gasteiger partial charge in [-0.15, -0.1) is 0 Å². The second-order valence-corrected chi connectivity index (χ2v) is 6.78. The highest BCUT2D eigenvalue weighted by Crippen LogP contribution is 2.30. The van der Waals surface area contributed by atoms with Crippen LogP contribution in [0.3, 0.4) is 0 Å². The Hall–Kier alpha value is -2.04. The highest BCUT2D eigenvalue weighted by molar-refractivity contribution is 6.52. The van der Waals surface area contributed by atoms with Crippen molar-refractivity contribution in [3.05, 3.63) is 57.6 Å². The maximum absolute atomic E-state index is 12.2. The minimum absolute atomic E-state index is 0.430. The molecule has 3 rings (SSSR count). The van der Waals surface area contributed by atoms with Crippen LogP contribution < -0.4 is 9.64 Å². The molecule has 1 heterocycles. The van der Waals surface area contributed by atoms with E-state index in [1.807, 2.05) is 19.1 Å². The molecular weight excluding hydrogens is 361 g/mol. The first-order chi connectivity index (χ1) is 12.0.